The summed E-state index contributed by atoms with van der Waals surface area (Å²) in [5.41, 5.74) is 0.477. The second-order valence-electron chi connectivity index (χ2n) is 6.10. The molecule has 1 amide bonds. The highest BCUT2D eigenvalue weighted by molar-refractivity contribution is 9.10. The molecule has 0 atom stereocenters. The number of hydrogen-bond acceptors (Lipinski definition) is 2. The lowest BCUT2D eigenvalue weighted by molar-refractivity contribution is -0.121. The fraction of sp³-hybridized carbons (Fsp3) is 0.500. The smallest absolute Gasteiger partial charge is 0.239 e. The van der Waals surface area contributed by atoms with Gasteiger partial charge in [-0.05, 0) is 61.3 Å². The van der Waals surface area contributed by atoms with Crippen LogP contribution in [0.2, 0.25) is 0 Å². The molecule has 0 aliphatic carbocycles. The molecule has 23 heavy (non-hydrogen) atoms. The molecule has 3 N–H and O–H groups in total. The van der Waals surface area contributed by atoms with Crippen LogP contribution in [0.15, 0.2) is 27.7 Å². The molecule has 0 spiro atoms. The lowest BCUT2D eigenvalue weighted by atomic mass is 10.1. The third kappa shape index (κ3) is 7.97. The van der Waals surface area contributed by atoms with Gasteiger partial charge in [-0.25, -0.2) is 9.38 Å². The van der Waals surface area contributed by atoms with Crippen molar-refractivity contribution in [3.8, 4) is 0 Å². The normalized spacial score (nSPS) is 12.0. The first-order valence-electron chi connectivity index (χ1n) is 7.48. The van der Waals surface area contributed by atoms with Gasteiger partial charge in [0, 0.05) is 12.1 Å². The van der Waals surface area contributed by atoms with E-state index in [0.29, 0.717) is 23.5 Å². The number of carbonyl (C=O) groups excluding carboxylic acids is 1. The Bertz CT molecular complexity index is 570. The molecule has 0 unspecified atom stereocenters. The quantitative estimate of drug-likeness (QED) is 0.538. The second-order valence-corrected chi connectivity index (χ2v) is 6.95. The fourth-order valence-corrected chi connectivity index (χ4v) is 2.02. The average molecular weight is 387 g/mol. The topological polar surface area (TPSA) is 65.5 Å². The highest BCUT2D eigenvalue weighted by Crippen LogP contribution is 2.16. The van der Waals surface area contributed by atoms with E-state index in [1.165, 1.54) is 6.07 Å². The van der Waals surface area contributed by atoms with Gasteiger partial charge in [-0.1, -0.05) is 6.07 Å². The van der Waals surface area contributed by atoms with Crippen LogP contribution in [0.4, 0.5) is 4.39 Å². The Morgan fingerprint density at radius 1 is 1.30 bits per heavy atom. The zero-order valence-electron chi connectivity index (χ0n) is 14.0. The van der Waals surface area contributed by atoms with Gasteiger partial charge in [-0.15, -0.1) is 0 Å². The predicted molar refractivity (Wildman–Crippen MR) is 94.8 cm³/mol. The van der Waals surface area contributed by atoms with Gasteiger partial charge in [-0.3, -0.25) is 4.79 Å². The van der Waals surface area contributed by atoms with E-state index >= 15 is 0 Å². The van der Waals surface area contributed by atoms with E-state index in [1.54, 1.807) is 12.1 Å². The van der Waals surface area contributed by atoms with Gasteiger partial charge in [0.1, 0.15) is 5.82 Å². The number of guanidine groups is 1. The largest absolute Gasteiger partial charge is 0.357 e. The minimum atomic E-state index is -0.319. The molecule has 1 rings (SSSR count). The van der Waals surface area contributed by atoms with Crippen molar-refractivity contribution in [2.45, 2.75) is 39.8 Å². The first-order chi connectivity index (χ1) is 10.7. The molecular weight excluding hydrogens is 363 g/mol. The van der Waals surface area contributed by atoms with E-state index in [9.17, 15) is 9.18 Å². The summed E-state index contributed by atoms with van der Waals surface area (Å²) in [6, 6.07) is 4.88. The summed E-state index contributed by atoms with van der Waals surface area (Å²) in [6.45, 7) is 8.82. The van der Waals surface area contributed by atoms with Crippen LogP contribution in [0.5, 0.6) is 0 Å². The molecule has 0 saturated carbocycles. The van der Waals surface area contributed by atoms with Crippen molar-refractivity contribution in [1.82, 2.24) is 16.0 Å². The van der Waals surface area contributed by atoms with Crippen LogP contribution >= 0.6 is 15.9 Å². The van der Waals surface area contributed by atoms with Crippen LogP contribution < -0.4 is 16.0 Å². The average Bonchev–Trinajstić information content (AvgIpc) is 2.43. The molecule has 5 nitrogen and oxygen atoms in total. The van der Waals surface area contributed by atoms with Crippen LogP contribution in [0.25, 0.3) is 0 Å². The Kier molecular flexibility index (Phi) is 7.48. The van der Waals surface area contributed by atoms with Crippen molar-refractivity contribution in [3.05, 3.63) is 34.1 Å². The number of amides is 1. The van der Waals surface area contributed by atoms with Crippen molar-refractivity contribution >= 4 is 27.8 Å². The molecule has 0 bridgehead atoms. The molecule has 1 aromatic rings. The Morgan fingerprint density at radius 2 is 2.00 bits per heavy atom. The number of carbonyl (C=O) groups is 1. The van der Waals surface area contributed by atoms with Gasteiger partial charge >= 0.3 is 0 Å². The number of halogens is 2. The summed E-state index contributed by atoms with van der Waals surface area (Å²) in [5, 5.41) is 8.88. The SMILES string of the molecule is CCNC(=NCc1ccc(Br)c(F)c1)NCC(=O)NC(C)(C)C. The molecule has 0 aromatic heterocycles. The molecule has 0 saturated heterocycles. The highest BCUT2D eigenvalue weighted by atomic mass is 79.9. The van der Waals surface area contributed by atoms with Crippen molar-refractivity contribution in [2.24, 2.45) is 4.99 Å². The molecule has 0 aliphatic heterocycles. The standard InChI is InChI=1S/C16H24BrFN4O/c1-5-19-15(21-10-14(23)22-16(2,3)4)20-9-11-6-7-12(17)13(18)8-11/h6-8H,5,9-10H2,1-4H3,(H,22,23)(H2,19,20,21). The van der Waals surface area contributed by atoms with Gasteiger partial charge in [0.05, 0.1) is 17.6 Å². The number of rotatable bonds is 5. The number of nitrogens with one attached hydrogen (secondary N) is 3. The minimum Gasteiger partial charge on any atom is -0.357 e. The third-order valence-corrected chi connectivity index (χ3v) is 3.32. The van der Waals surface area contributed by atoms with Crippen molar-refractivity contribution in [1.29, 1.82) is 0 Å². The molecule has 7 heteroatoms. The number of nitrogens with zero attached hydrogens (tertiary/aromatic N) is 1. The fourth-order valence-electron chi connectivity index (χ4n) is 1.78. The number of hydrogen-bond donors (Lipinski definition) is 3. The van der Waals surface area contributed by atoms with Crippen LogP contribution in [0, 0.1) is 5.82 Å². The van der Waals surface area contributed by atoms with Crippen molar-refractivity contribution < 1.29 is 9.18 Å². The first-order valence-corrected chi connectivity index (χ1v) is 8.27. The van der Waals surface area contributed by atoms with Crippen LogP contribution in [0.3, 0.4) is 0 Å². The maximum Gasteiger partial charge on any atom is 0.239 e. The Hall–Kier alpha value is -1.63. The maximum absolute atomic E-state index is 13.5. The second kappa shape index (κ2) is 8.86. The van der Waals surface area contributed by atoms with Gasteiger partial charge < -0.3 is 16.0 Å². The lowest BCUT2D eigenvalue weighted by Gasteiger charge is -2.21. The maximum atomic E-state index is 13.5. The molecule has 128 valence electrons. The summed E-state index contributed by atoms with van der Waals surface area (Å²) < 4.78 is 13.9. The minimum absolute atomic E-state index is 0.113. The Labute approximate surface area is 145 Å². The van der Waals surface area contributed by atoms with Gasteiger partial charge in [0.15, 0.2) is 5.96 Å². The van der Waals surface area contributed by atoms with E-state index in [4.69, 9.17) is 0 Å². The van der Waals surface area contributed by atoms with Crippen LogP contribution in [0.1, 0.15) is 33.3 Å². The van der Waals surface area contributed by atoms with Gasteiger partial charge in [0.2, 0.25) is 5.91 Å². The van der Waals surface area contributed by atoms with Gasteiger partial charge in [0.25, 0.3) is 0 Å². The van der Waals surface area contributed by atoms with E-state index in [0.717, 1.165) is 5.56 Å². The van der Waals surface area contributed by atoms with E-state index in [-0.39, 0.29) is 23.8 Å². The van der Waals surface area contributed by atoms with Gasteiger partial charge in [-0.2, -0.15) is 0 Å². The van der Waals surface area contributed by atoms with Crippen molar-refractivity contribution in [3.63, 3.8) is 0 Å². The molecule has 1 aromatic carbocycles. The molecule has 0 aliphatic rings. The third-order valence-electron chi connectivity index (χ3n) is 2.68. The number of aliphatic imine (C=N–C) groups is 1. The van der Waals surface area contributed by atoms with Crippen LogP contribution in [-0.2, 0) is 11.3 Å². The Morgan fingerprint density at radius 3 is 2.57 bits per heavy atom. The number of benzene rings is 1. The first kappa shape index (κ1) is 19.4. The summed E-state index contributed by atoms with van der Waals surface area (Å²) in [5.74, 6) is 0.0814. The molecular formula is C16H24BrFN4O. The zero-order chi connectivity index (χ0) is 17.5. The molecule has 0 radical (unpaired) electrons. The summed E-state index contributed by atoms with van der Waals surface area (Å²) >= 11 is 3.12. The molecule has 0 fully saturated rings. The van der Waals surface area contributed by atoms with Crippen LogP contribution in [-0.4, -0.2) is 30.5 Å². The van der Waals surface area contributed by atoms with Crippen molar-refractivity contribution in [2.75, 3.05) is 13.1 Å². The van der Waals surface area contributed by atoms with E-state index < -0.39 is 0 Å². The highest BCUT2D eigenvalue weighted by Gasteiger charge is 2.13. The van der Waals surface area contributed by atoms with E-state index in [2.05, 4.69) is 36.9 Å². The summed E-state index contributed by atoms with van der Waals surface area (Å²) in [7, 11) is 0. The monoisotopic (exact) mass is 386 g/mol. The zero-order valence-corrected chi connectivity index (χ0v) is 15.6. The Balaban J connectivity index is 2.62. The summed E-state index contributed by atoms with van der Waals surface area (Å²) in [4.78, 5) is 16.2. The predicted octanol–water partition coefficient (Wildman–Crippen LogP) is 2.56. The molecule has 0 heterocycles. The summed E-state index contributed by atoms with van der Waals surface area (Å²) in [6.07, 6.45) is 0. The lowest BCUT2D eigenvalue weighted by Crippen LogP contribution is -2.48. The van der Waals surface area contributed by atoms with E-state index in [1.807, 2.05) is 27.7 Å².